The third kappa shape index (κ3) is 2.29. The molecule has 22 heavy (non-hydrogen) atoms. The van der Waals surface area contributed by atoms with Crippen molar-refractivity contribution >= 4 is 17.2 Å². The van der Waals surface area contributed by atoms with Gasteiger partial charge in [0.1, 0.15) is 6.34 Å². The van der Waals surface area contributed by atoms with E-state index in [0.717, 1.165) is 22.0 Å². The van der Waals surface area contributed by atoms with Crippen molar-refractivity contribution in [3.05, 3.63) is 73.4 Å². The summed E-state index contributed by atoms with van der Waals surface area (Å²) in [5.74, 6) is 0. The molecule has 0 aliphatic carbocycles. The van der Waals surface area contributed by atoms with Crippen LogP contribution in [0.5, 0.6) is 0 Å². The maximum Gasteiger partial charge on any atom is 0.138 e. The van der Waals surface area contributed by atoms with Gasteiger partial charge >= 0.3 is 0 Å². The van der Waals surface area contributed by atoms with Crippen molar-refractivity contribution in [2.45, 2.75) is 0 Å². The number of benzene rings is 1. The Morgan fingerprint density at radius 2 is 1.77 bits per heavy atom. The van der Waals surface area contributed by atoms with E-state index in [1.807, 2.05) is 42.9 Å². The summed E-state index contributed by atoms with van der Waals surface area (Å²) in [4.78, 5) is 4.06. The molecule has 106 valence electrons. The number of nitrogens with zero attached hydrogens (tertiary/aromatic N) is 5. The van der Waals surface area contributed by atoms with E-state index in [-0.39, 0.29) is 0 Å². The maximum absolute atomic E-state index is 4.37. The van der Waals surface area contributed by atoms with E-state index in [4.69, 9.17) is 0 Å². The molecular formula is C17H13N5. The van der Waals surface area contributed by atoms with Gasteiger partial charge in [0, 0.05) is 30.2 Å². The zero-order valence-corrected chi connectivity index (χ0v) is 11.7. The fraction of sp³-hybridized carbons (Fsp3) is 0. The third-order valence-electron chi connectivity index (χ3n) is 3.50. The summed E-state index contributed by atoms with van der Waals surface area (Å²) in [7, 11) is 0. The SMILES string of the molecule is C(=Nn1cccc1)n1ncc2ccc(-c3ccncc3)cc21. The maximum atomic E-state index is 4.37. The van der Waals surface area contributed by atoms with E-state index in [1.54, 1.807) is 28.1 Å². The smallest absolute Gasteiger partial charge is 0.138 e. The number of aromatic nitrogens is 4. The molecule has 4 aromatic rings. The minimum absolute atomic E-state index is 1.02. The van der Waals surface area contributed by atoms with Crippen molar-refractivity contribution < 1.29 is 0 Å². The molecule has 0 aliphatic rings. The highest BCUT2D eigenvalue weighted by atomic mass is 15.4. The van der Waals surface area contributed by atoms with E-state index in [2.05, 4.69) is 33.4 Å². The molecule has 4 rings (SSSR count). The van der Waals surface area contributed by atoms with E-state index >= 15 is 0 Å². The average molecular weight is 287 g/mol. The molecule has 3 aromatic heterocycles. The Kier molecular flexibility index (Phi) is 3.01. The van der Waals surface area contributed by atoms with Crippen LogP contribution in [0.15, 0.2) is 78.6 Å². The summed E-state index contributed by atoms with van der Waals surface area (Å²) in [5.41, 5.74) is 3.28. The van der Waals surface area contributed by atoms with E-state index < -0.39 is 0 Å². The summed E-state index contributed by atoms with van der Waals surface area (Å²) >= 11 is 0. The second kappa shape index (κ2) is 5.29. The molecule has 0 saturated heterocycles. The molecule has 1 aromatic carbocycles. The van der Waals surface area contributed by atoms with Crippen LogP contribution >= 0.6 is 0 Å². The fourth-order valence-corrected chi connectivity index (χ4v) is 2.36. The fourth-order valence-electron chi connectivity index (χ4n) is 2.36. The highest BCUT2D eigenvalue weighted by Gasteiger charge is 2.04. The molecule has 0 N–H and O–H groups in total. The Labute approximate surface area is 127 Å². The number of pyridine rings is 1. The van der Waals surface area contributed by atoms with Gasteiger partial charge in [-0.2, -0.15) is 10.2 Å². The van der Waals surface area contributed by atoms with Gasteiger partial charge in [-0.1, -0.05) is 12.1 Å². The molecule has 0 aliphatic heterocycles. The summed E-state index contributed by atoms with van der Waals surface area (Å²) in [5, 5.41) is 9.79. The van der Waals surface area contributed by atoms with Crippen molar-refractivity contribution in [2.24, 2.45) is 5.10 Å². The zero-order valence-electron chi connectivity index (χ0n) is 11.7. The predicted molar refractivity (Wildman–Crippen MR) is 86.7 cm³/mol. The standard InChI is InChI=1S/C17H13N5/c1-2-10-21(9-1)20-13-22-17-11-15(3-4-16(17)12-19-22)14-5-7-18-8-6-14/h1-13H. The number of hydrogen-bond donors (Lipinski definition) is 0. The molecule has 0 amide bonds. The molecule has 5 heteroatoms. The van der Waals surface area contributed by atoms with Crippen LogP contribution in [0.25, 0.3) is 22.0 Å². The molecule has 0 radical (unpaired) electrons. The molecule has 0 unspecified atom stereocenters. The van der Waals surface area contributed by atoms with Crippen molar-refractivity contribution in [2.75, 3.05) is 0 Å². The lowest BCUT2D eigenvalue weighted by Crippen LogP contribution is -1.99. The number of rotatable bonds is 3. The topological polar surface area (TPSA) is 48.0 Å². The van der Waals surface area contributed by atoms with Crippen molar-refractivity contribution in [1.29, 1.82) is 0 Å². The Balaban J connectivity index is 1.77. The first-order valence-electron chi connectivity index (χ1n) is 6.95. The Morgan fingerprint density at radius 1 is 0.955 bits per heavy atom. The number of hydrogen-bond acceptors (Lipinski definition) is 3. The molecule has 0 bridgehead atoms. The van der Waals surface area contributed by atoms with Crippen LogP contribution in [0.1, 0.15) is 0 Å². The van der Waals surface area contributed by atoms with Crippen molar-refractivity contribution in [1.82, 2.24) is 19.4 Å². The molecule has 0 fully saturated rings. The molecule has 5 nitrogen and oxygen atoms in total. The predicted octanol–water partition coefficient (Wildman–Crippen LogP) is 3.24. The van der Waals surface area contributed by atoms with E-state index in [1.165, 1.54) is 0 Å². The highest BCUT2D eigenvalue weighted by molar-refractivity contribution is 5.88. The Bertz CT molecular complexity index is 920. The van der Waals surface area contributed by atoms with Gasteiger partial charge in [-0.25, -0.2) is 9.36 Å². The van der Waals surface area contributed by atoms with E-state index in [9.17, 15) is 0 Å². The first kappa shape index (κ1) is 12.5. The van der Waals surface area contributed by atoms with E-state index in [0.29, 0.717) is 0 Å². The lowest BCUT2D eigenvalue weighted by Gasteiger charge is -2.02. The Hall–Kier alpha value is -3.21. The molecule has 0 saturated carbocycles. The first-order chi connectivity index (χ1) is 10.9. The molecule has 0 spiro atoms. The minimum atomic E-state index is 1.02. The van der Waals surface area contributed by atoms with Crippen LogP contribution < -0.4 is 0 Å². The van der Waals surface area contributed by atoms with Gasteiger partial charge in [-0.3, -0.25) is 4.98 Å². The van der Waals surface area contributed by atoms with Crippen LogP contribution in [0.2, 0.25) is 0 Å². The van der Waals surface area contributed by atoms with Gasteiger partial charge in [0.2, 0.25) is 0 Å². The van der Waals surface area contributed by atoms with Crippen LogP contribution in [0, 0.1) is 0 Å². The lowest BCUT2D eigenvalue weighted by molar-refractivity contribution is 0.867. The summed E-state index contributed by atoms with van der Waals surface area (Å²) < 4.78 is 3.51. The van der Waals surface area contributed by atoms with Crippen molar-refractivity contribution in [3.63, 3.8) is 0 Å². The molecular weight excluding hydrogens is 274 g/mol. The average Bonchev–Trinajstić information content (AvgIpc) is 3.23. The summed E-state index contributed by atoms with van der Waals surface area (Å²) in [6.45, 7) is 0. The third-order valence-corrected chi connectivity index (χ3v) is 3.50. The quantitative estimate of drug-likeness (QED) is 0.429. The first-order valence-corrected chi connectivity index (χ1v) is 6.95. The van der Waals surface area contributed by atoms with Crippen LogP contribution in [0.4, 0.5) is 0 Å². The van der Waals surface area contributed by atoms with Gasteiger partial charge in [0.15, 0.2) is 0 Å². The van der Waals surface area contributed by atoms with Crippen LogP contribution in [0.3, 0.4) is 0 Å². The second-order valence-corrected chi connectivity index (χ2v) is 4.89. The minimum Gasteiger partial charge on any atom is -0.265 e. The van der Waals surface area contributed by atoms with Gasteiger partial charge < -0.3 is 0 Å². The highest BCUT2D eigenvalue weighted by Crippen LogP contribution is 2.23. The Morgan fingerprint density at radius 3 is 2.59 bits per heavy atom. The van der Waals surface area contributed by atoms with Gasteiger partial charge in [0.25, 0.3) is 0 Å². The normalized spacial score (nSPS) is 11.5. The number of fused-ring (bicyclic) bond motifs is 1. The van der Waals surface area contributed by atoms with Crippen molar-refractivity contribution in [3.8, 4) is 11.1 Å². The summed E-state index contributed by atoms with van der Waals surface area (Å²) in [6.07, 6.45) is 10.9. The lowest BCUT2D eigenvalue weighted by atomic mass is 10.1. The van der Waals surface area contributed by atoms with Gasteiger partial charge in [-0.05, 0) is 41.5 Å². The largest absolute Gasteiger partial charge is 0.265 e. The van der Waals surface area contributed by atoms with Gasteiger partial charge in [0.05, 0.1) is 11.7 Å². The monoisotopic (exact) mass is 287 g/mol. The zero-order chi connectivity index (χ0) is 14.8. The van der Waals surface area contributed by atoms with Gasteiger partial charge in [-0.15, -0.1) is 0 Å². The summed E-state index contributed by atoms with van der Waals surface area (Å²) in [6, 6.07) is 14.1. The van der Waals surface area contributed by atoms with Crippen LogP contribution in [-0.4, -0.2) is 25.8 Å². The second-order valence-electron chi connectivity index (χ2n) is 4.89. The van der Waals surface area contributed by atoms with Crippen LogP contribution in [-0.2, 0) is 0 Å². The molecule has 0 atom stereocenters. The molecule has 3 heterocycles.